The maximum atomic E-state index is 11.6. The molecule has 0 aromatic rings. The van der Waals surface area contributed by atoms with Crippen LogP contribution in [0.5, 0.6) is 0 Å². The van der Waals surface area contributed by atoms with Crippen LogP contribution in [0.4, 0.5) is 4.79 Å². The van der Waals surface area contributed by atoms with E-state index in [1.165, 1.54) is 0 Å². The molecule has 1 aliphatic rings. The molecule has 0 bridgehead atoms. The molecule has 102 valence electrons. The van der Waals surface area contributed by atoms with Crippen LogP contribution in [0.15, 0.2) is 5.29 Å². The van der Waals surface area contributed by atoms with Gasteiger partial charge in [0, 0.05) is 11.9 Å². The maximum absolute atomic E-state index is 11.6. The number of carbonyl (C=O) groups is 2. The van der Waals surface area contributed by atoms with Gasteiger partial charge in [0.1, 0.15) is 0 Å². The molecule has 7 nitrogen and oxygen atoms in total. The molecule has 18 heavy (non-hydrogen) atoms. The first-order valence-corrected chi connectivity index (χ1v) is 6.32. The Labute approximate surface area is 109 Å². The van der Waals surface area contributed by atoms with E-state index in [4.69, 9.17) is 16.7 Å². The number of nitroso groups, excluding NO2 is 1. The fourth-order valence-electron chi connectivity index (χ4n) is 2.05. The summed E-state index contributed by atoms with van der Waals surface area (Å²) in [6.07, 6.45) is 2.46. The van der Waals surface area contributed by atoms with Gasteiger partial charge in [-0.2, -0.15) is 5.01 Å². The van der Waals surface area contributed by atoms with Crippen molar-refractivity contribution in [2.75, 3.05) is 12.4 Å². The van der Waals surface area contributed by atoms with Crippen molar-refractivity contribution < 1.29 is 14.7 Å². The average Bonchev–Trinajstić information content (AvgIpc) is 2.36. The molecule has 1 fully saturated rings. The highest BCUT2D eigenvalue weighted by atomic mass is 35.5. The molecule has 1 saturated carbocycles. The van der Waals surface area contributed by atoms with Crippen molar-refractivity contribution in [3.05, 3.63) is 4.91 Å². The highest BCUT2D eigenvalue weighted by Gasteiger charge is 2.28. The highest BCUT2D eigenvalue weighted by molar-refractivity contribution is 6.18. The van der Waals surface area contributed by atoms with Crippen molar-refractivity contribution in [2.45, 2.75) is 31.7 Å². The molecular formula is C10H16ClN3O4. The van der Waals surface area contributed by atoms with Crippen LogP contribution in [0.1, 0.15) is 25.7 Å². The molecule has 0 saturated heterocycles. The number of rotatable bonds is 5. The lowest BCUT2D eigenvalue weighted by Crippen LogP contribution is -2.45. The van der Waals surface area contributed by atoms with Gasteiger partial charge in [0.15, 0.2) is 0 Å². The van der Waals surface area contributed by atoms with E-state index in [0.29, 0.717) is 24.3 Å². The average molecular weight is 278 g/mol. The monoisotopic (exact) mass is 277 g/mol. The van der Waals surface area contributed by atoms with Crippen LogP contribution < -0.4 is 5.32 Å². The molecule has 0 spiro atoms. The lowest BCUT2D eigenvalue weighted by molar-refractivity contribution is -0.143. The molecule has 2 amide bonds. The Balaban J connectivity index is 2.48. The Morgan fingerprint density at radius 2 is 2.17 bits per heavy atom. The summed E-state index contributed by atoms with van der Waals surface area (Å²) in [5.74, 6) is -1.17. The van der Waals surface area contributed by atoms with Crippen molar-refractivity contribution in [2.24, 2.45) is 11.2 Å². The Hall–Kier alpha value is -1.37. The van der Waals surface area contributed by atoms with Gasteiger partial charge in [-0.1, -0.05) is 6.42 Å². The number of carboxylic acids is 1. The molecule has 2 atom stereocenters. The summed E-state index contributed by atoms with van der Waals surface area (Å²) in [5, 5.41) is 14.8. The molecule has 0 radical (unpaired) electrons. The topological polar surface area (TPSA) is 99.1 Å². The van der Waals surface area contributed by atoms with Crippen molar-refractivity contribution in [3.8, 4) is 0 Å². The van der Waals surface area contributed by atoms with E-state index >= 15 is 0 Å². The van der Waals surface area contributed by atoms with Gasteiger partial charge >= 0.3 is 12.0 Å². The minimum atomic E-state index is -0.847. The molecule has 0 aromatic carbocycles. The Morgan fingerprint density at radius 3 is 2.72 bits per heavy atom. The van der Waals surface area contributed by atoms with E-state index in [-0.39, 0.29) is 18.5 Å². The third kappa shape index (κ3) is 4.14. The fourth-order valence-corrected chi connectivity index (χ4v) is 2.21. The van der Waals surface area contributed by atoms with E-state index in [9.17, 15) is 14.5 Å². The Morgan fingerprint density at radius 1 is 1.44 bits per heavy atom. The van der Waals surface area contributed by atoms with Crippen LogP contribution in [-0.4, -0.2) is 40.6 Å². The number of aliphatic carboxylic acids is 1. The number of carbonyl (C=O) groups excluding carboxylic acids is 1. The zero-order chi connectivity index (χ0) is 13.5. The predicted octanol–water partition coefficient (Wildman–Crippen LogP) is 1.56. The largest absolute Gasteiger partial charge is 0.481 e. The summed E-state index contributed by atoms with van der Waals surface area (Å²) in [4.78, 5) is 32.9. The van der Waals surface area contributed by atoms with Crippen LogP contribution >= 0.6 is 11.6 Å². The number of urea groups is 1. The zero-order valence-corrected chi connectivity index (χ0v) is 10.6. The molecule has 1 rings (SSSR count). The molecule has 8 heteroatoms. The summed E-state index contributed by atoms with van der Waals surface area (Å²) < 4.78 is 0. The van der Waals surface area contributed by atoms with Crippen LogP contribution in [-0.2, 0) is 4.79 Å². The number of halogens is 1. The number of hydrogen-bond donors (Lipinski definition) is 2. The number of carboxylic acid groups (broad SMARTS) is 1. The van der Waals surface area contributed by atoms with E-state index in [2.05, 4.69) is 10.6 Å². The zero-order valence-electron chi connectivity index (χ0n) is 9.84. The third-order valence-corrected chi connectivity index (χ3v) is 3.15. The van der Waals surface area contributed by atoms with Crippen molar-refractivity contribution in [1.29, 1.82) is 0 Å². The normalized spacial score (nSPS) is 23.2. The first-order valence-electron chi connectivity index (χ1n) is 5.78. The van der Waals surface area contributed by atoms with Gasteiger partial charge in [-0.05, 0) is 19.3 Å². The molecule has 1 aliphatic carbocycles. The van der Waals surface area contributed by atoms with E-state index < -0.39 is 17.9 Å². The summed E-state index contributed by atoms with van der Waals surface area (Å²) in [6.45, 7) is 0.0337. The van der Waals surface area contributed by atoms with E-state index in [1.807, 2.05) is 0 Å². The molecule has 0 aliphatic heterocycles. The molecule has 2 N–H and O–H groups in total. The van der Waals surface area contributed by atoms with Crippen molar-refractivity contribution in [1.82, 2.24) is 10.3 Å². The first-order chi connectivity index (χ1) is 8.58. The Kier molecular flexibility index (Phi) is 5.84. The standard InChI is InChI=1S/C10H16ClN3O4/c11-4-5-14(13-18)10(17)12-8-3-1-2-7(6-8)9(15)16/h7-8H,1-6H2,(H,12,17)(H,15,16). The molecule has 0 aromatic heterocycles. The summed E-state index contributed by atoms with van der Waals surface area (Å²) in [6, 6.07) is -0.853. The molecule has 0 heterocycles. The lowest BCUT2D eigenvalue weighted by atomic mass is 9.86. The van der Waals surface area contributed by atoms with Gasteiger partial charge in [-0.3, -0.25) is 4.79 Å². The van der Waals surface area contributed by atoms with Crippen molar-refractivity contribution >= 4 is 23.6 Å². The summed E-state index contributed by atoms with van der Waals surface area (Å²) in [7, 11) is 0. The summed E-state index contributed by atoms with van der Waals surface area (Å²) in [5.41, 5.74) is 0. The number of nitrogens with zero attached hydrogens (tertiary/aromatic N) is 2. The van der Waals surface area contributed by atoms with Crippen LogP contribution in [0.25, 0.3) is 0 Å². The van der Waals surface area contributed by atoms with Gasteiger partial charge < -0.3 is 10.4 Å². The SMILES string of the molecule is O=NN(CCCl)C(=O)NC1CCCC(C(=O)O)C1. The van der Waals surface area contributed by atoms with Gasteiger partial charge in [-0.15, -0.1) is 16.5 Å². The number of hydrogen-bond acceptors (Lipinski definition) is 4. The van der Waals surface area contributed by atoms with Crippen LogP contribution in [0, 0.1) is 10.8 Å². The first kappa shape index (κ1) is 14.7. The van der Waals surface area contributed by atoms with Crippen molar-refractivity contribution in [3.63, 3.8) is 0 Å². The van der Waals surface area contributed by atoms with E-state index in [0.717, 1.165) is 6.42 Å². The third-order valence-electron chi connectivity index (χ3n) is 2.98. The second-order valence-electron chi connectivity index (χ2n) is 4.24. The number of amides is 2. The number of nitrogens with one attached hydrogen (secondary N) is 1. The smallest absolute Gasteiger partial charge is 0.340 e. The van der Waals surface area contributed by atoms with Gasteiger partial charge in [0.2, 0.25) is 0 Å². The lowest BCUT2D eigenvalue weighted by Gasteiger charge is -2.28. The minimum Gasteiger partial charge on any atom is -0.481 e. The Bertz CT molecular complexity index is 326. The second kappa shape index (κ2) is 7.15. The van der Waals surface area contributed by atoms with Crippen LogP contribution in [0.3, 0.4) is 0 Å². The van der Waals surface area contributed by atoms with Crippen LogP contribution in [0.2, 0.25) is 0 Å². The van der Waals surface area contributed by atoms with E-state index in [1.54, 1.807) is 0 Å². The second-order valence-corrected chi connectivity index (χ2v) is 4.62. The minimum absolute atomic E-state index is 0.0337. The van der Waals surface area contributed by atoms with Gasteiger partial charge in [0.25, 0.3) is 0 Å². The molecule has 2 unspecified atom stereocenters. The highest BCUT2D eigenvalue weighted by Crippen LogP contribution is 2.24. The van der Waals surface area contributed by atoms with Gasteiger partial charge in [-0.25, -0.2) is 4.79 Å². The quantitative estimate of drug-likeness (QED) is 0.452. The molecular weight excluding hydrogens is 262 g/mol. The summed E-state index contributed by atoms with van der Waals surface area (Å²) >= 11 is 5.43. The number of alkyl halides is 1. The fraction of sp³-hybridized carbons (Fsp3) is 0.800. The van der Waals surface area contributed by atoms with Gasteiger partial charge in [0.05, 0.1) is 17.7 Å². The predicted molar refractivity (Wildman–Crippen MR) is 65.1 cm³/mol. The maximum Gasteiger partial charge on any atom is 0.340 e.